The van der Waals surface area contributed by atoms with Gasteiger partial charge < -0.3 is 10.6 Å². The molecule has 6 nitrogen and oxygen atoms in total. The highest BCUT2D eigenvalue weighted by Gasteiger charge is 2.11. The van der Waals surface area contributed by atoms with Gasteiger partial charge in [0.1, 0.15) is 12.2 Å². The third-order valence-electron chi connectivity index (χ3n) is 2.27. The molecule has 0 aliphatic heterocycles. The van der Waals surface area contributed by atoms with E-state index in [4.69, 9.17) is 0 Å². The Hall–Kier alpha value is -1.43. The van der Waals surface area contributed by atoms with Crippen molar-refractivity contribution < 1.29 is 4.79 Å². The molecule has 1 heterocycles. The number of nitrogens with one attached hydrogen (secondary N) is 3. The van der Waals surface area contributed by atoms with Gasteiger partial charge in [0.25, 0.3) is 0 Å². The average molecular weight is 225 g/mol. The van der Waals surface area contributed by atoms with E-state index in [1.807, 2.05) is 13.8 Å². The molecule has 1 atom stereocenters. The van der Waals surface area contributed by atoms with Gasteiger partial charge in [-0.2, -0.15) is 5.10 Å². The molecule has 16 heavy (non-hydrogen) atoms. The monoisotopic (exact) mass is 225 g/mol. The van der Waals surface area contributed by atoms with Crippen LogP contribution in [0.4, 0.5) is 0 Å². The molecule has 0 saturated heterocycles. The Kier molecular flexibility index (Phi) is 5.49. The second-order valence-electron chi connectivity index (χ2n) is 3.68. The Morgan fingerprint density at radius 1 is 1.62 bits per heavy atom. The molecule has 1 aromatic heterocycles. The molecular formula is C10H19N5O. The lowest BCUT2D eigenvalue weighted by atomic mass is 10.1. The summed E-state index contributed by atoms with van der Waals surface area (Å²) in [4.78, 5) is 15.6. The zero-order valence-corrected chi connectivity index (χ0v) is 9.79. The molecule has 0 spiro atoms. The Morgan fingerprint density at radius 3 is 3.06 bits per heavy atom. The summed E-state index contributed by atoms with van der Waals surface area (Å²) in [5.41, 5.74) is 0. The van der Waals surface area contributed by atoms with Crippen LogP contribution in [-0.4, -0.2) is 40.7 Å². The number of amides is 1. The van der Waals surface area contributed by atoms with E-state index in [0.717, 1.165) is 12.4 Å². The molecule has 0 aliphatic carbocycles. The van der Waals surface area contributed by atoms with Crippen LogP contribution in [0, 0.1) is 5.92 Å². The van der Waals surface area contributed by atoms with Crippen LogP contribution < -0.4 is 10.6 Å². The molecular weight excluding hydrogens is 206 g/mol. The number of aromatic amines is 1. The van der Waals surface area contributed by atoms with Gasteiger partial charge in [-0.25, -0.2) is 4.98 Å². The molecule has 0 bridgehead atoms. The maximum Gasteiger partial charge on any atom is 0.224 e. The highest BCUT2D eigenvalue weighted by Crippen LogP contribution is 1.93. The van der Waals surface area contributed by atoms with Gasteiger partial charge in [-0.3, -0.25) is 9.89 Å². The van der Waals surface area contributed by atoms with Gasteiger partial charge in [-0.05, 0) is 6.54 Å². The summed E-state index contributed by atoms with van der Waals surface area (Å²) in [7, 11) is 0. The molecule has 6 heteroatoms. The largest absolute Gasteiger partial charge is 0.355 e. The van der Waals surface area contributed by atoms with Crippen LogP contribution in [0.1, 0.15) is 19.7 Å². The quantitative estimate of drug-likeness (QED) is 0.595. The first kappa shape index (κ1) is 12.6. The van der Waals surface area contributed by atoms with E-state index in [1.54, 1.807) is 0 Å². The summed E-state index contributed by atoms with van der Waals surface area (Å²) in [5, 5.41) is 12.5. The van der Waals surface area contributed by atoms with E-state index >= 15 is 0 Å². The van der Waals surface area contributed by atoms with Crippen molar-refractivity contribution in [2.45, 2.75) is 20.3 Å². The summed E-state index contributed by atoms with van der Waals surface area (Å²) < 4.78 is 0. The van der Waals surface area contributed by atoms with E-state index in [2.05, 4.69) is 25.8 Å². The van der Waals surface area contributed by atoms with E-state index < -0.39 is 0 Å². The summed E-state index contributed by atoms with van der Waals surface area (Å²) in [6.07, 6.45) is 2.14. The lowest BCUT2D eigenvalue weighted by molar-refractivity contribution is -0.124. The SMILES string of the molecule is CCNCC(C)C(=O)NCCc1ncn[nH]1. The fourth-order valence-corrected chi connectivity index (χ4v) is 1.28. The van der Waals surface area contributed by atoms with Crippen LogP contribution >= 0.6 is 0 Å². The molecule has 0 fully saturated rings. The topological polar surface area (TPSA) is 82.7 Å². The molecule has 90 valence electrons. The Morgan fingerprint density at radius 2 is 2.44 bits per heavy atom. The molecule has 0 radical (unpaired) electrons. The predicted octanol–water partition coefficient (Wildman–Crippen LogP) is -0.291. The Bertz CT molecular complexity index is 298. The third-order valence-corrected chi connectivity index (χ3v) is 2.27. The summed E-state index contributed by atoms with van der Waals surface area (Å²) in [6.45, 7) is 6.12. The van der Waals surface area contributed by atoms with Crippen LogP contribution in [0.2, 0.25) is 0 Å². The number of carbonyl (C=O) groups excluding carboxylic acids is 1. The Balaban J connectivity index is 2.14. The van der Waals surface area contributed by atoms with Gasteiger partial charge in [0.05, 0.1) is 0 Å². The second-order valence-corrected chi connectivity index (χ2v) is 3.68. The van der Waals surface area contributed by atoms with E-state index in [-0.39, 0.29) is 11.8 Å². The molecule has 1 aromatic rings. The highest BCUT2D eigenvalue weighted by molar-refractivity contribution is 5.78. The van der Waals surface area contributed by atoms with Gasteiger partial charge in [0.15, 0.2) is 0 Å². The van der Waals surface area contributed by atoms with Crippen molar-refractivity contribution in [3.05, 3.63) is 12.2 Å². The van der Waals surface area contributed by atoms with Crippen molar-refractivity contribution in [2.24, 2.45) is 5.92 Å². The Labute approximate surface area is 95.2 Å². The van der Waals surface area contributed by atoms with Crippen molar-refractivity contribution in [3.63, 3.8) is 0 Å². The minimum absolute atomic E-state index is 0.00493. The molecule has 0 aromatic carbocycles. The van der Waals surface area contributed by atoms with Crippen molar-refractivity contribution in [1.29, 1.82) is 0 Å². The van der Waals surface area contributed by atoms with Crippen LogP contribution in [0.15, 0.2) is 6.33 Å². The first-order valence-corrected chi connectivity index (χ1v) is 5.56. The molecule has 1 unspecified atom stereocenters. The lowest BCUT2D eigenvalue weighted by Gasteiger charge is -2.11. The first-order chi connectivity index (χ1) is 7.74. The number of hydrogen-bond acceptors (Lipinski definition) is 4. The highest BCUT2D eigenvalue weighted by atomic mass is 16.1. The number of carbonyl (C=O) groups is 1. The van der Waals surface area contributed by atoms with Gasteiger partial charge >= 0.3 is 0 Å². The van der Waals surface area contributed by atoms with Crippen molar-refractivity contribution in [3.8, 4) is 0 Å². The summed E-state index contributed by atoms with van der Waals surface area (Å²) in [5.74, 6) is 0.856. The number of hydrogen-bond donors (Lipinski definition) is 3. The summed E-state index contributed by atoms with van der Waals surface area (Å²) in [6, 6.07) is 0. The fraction of sp³-hybridized carbons (Fsp3) is 0.700. The molecule has 1 amide bonds. The van der Waals surface area contributed by atoms with Gasteiger partial charge in [0.2, 0.25) is 5.91 Å². The number of aromatic nitrogens is 3. The van der Waals surface area contributed by atoms with Crippen LogP contribution in [-0.2, 0) is 11.2 Å². The van der Waals surface area contributed by atoms with E-state index in [9.17, 15) is 4.79 Å². The number of rotatable bonds is 7. The molecule has 3 N–H and O–H groups in total. The fourth-order valence-electron chi connectivity index (χ4n) is 1.28. The average Bonchev–Trinajstić information content (AvgIpc) is 2.78. The minimum Gasteiger partial charge on any atom is -0.355 e. The van der Waals surface area contributed by atoms with Gasteiger partial charge in [-0.15, -0.1) is 0 Å². The second kappa shape index (κ2) is 6.95. The lowest BCUT2D eigenvalue weighted by Crippen LogP contribution is -2.36. The normalized spacial score (nSPS) is 12.4. The zero-order chi connectivity index (χ0) is 11.8. The van der Waals surface area contributed by atoms with E-state index in [0.29, 0.717) is 19.5 Å². The van der Waals surface area contributed by atoms with Gasteiger partial charge in [0, 0.05) is 25.4 Å². The zero-order valence-electron chi connectivity index (χ0n) is 9.79. The van der Waals surface area contributed by atoms with Crippen LogP contribution in [0.3, 0.4) is 0 Å². The predicted molar refractivity (Wildman–Crippen MR) is 60.8 cm³/mol. The molecule has 1 rings (SSSR count). The third kappa shape index (κ3) is 4.39. The van der Waals surface area contributed by atoms with Crippen molar-refractivity contribution >= 4 is 5.91 Å². The minimum atomic E-state index is -0.00493. The first-order valence-electron chi connectivity index (χ1n) is 5.56. The number of H-pyrrole nitrogens is 1. The number of nitrogens with zero attached hydrogens (tertiary/aromatic N) is 2. The maximum atomic E-state index is 11.6. The summed E-state index contributed by atoms with van der Waals surface area (Å²) >= 11 is 0. The standard InChI is InChI=1S/C10H19N5O/c1-3-11-6-8(2)10(16)12-5-4-9-13-7-14-15-9/h7-8,11H,3-6H2,1-2H3,(H,12,16)(H,13,14,15). The maximum absolute atomic E-state index is 11.6. The van der Waals surface area contributed by atoms with Gasteiger partial charge in [-0.1, -0.05) is 13.8 Å². The van der Waals surface area contributed by atoms with E-state index in [1.165, 1.54) is 6.33 Å². The van der Waals surface area contributed by atoms with Crippen molar-refractivity contribution in [1.82, 2.24) is 25.8 Å². The van der Waals surface area contributed by atoms with Crippen molar-refractivity contribution in [2.75, 3.05) is 19.6 Å². The molecule has 0 aliphatic rings. The molecule has 0 saturated carbocycles. The van der Waals surface area contributed by atoms with Crippen LogP contribution in [0.5, 0.6) is 0 Å². The smallest absolute Gasteiger partial charge is 0.224 e. The van der Waals surface area contributed by atoms with Crippen LogP contribution in [0.25, 0.3) is 0 Å².